The fourth-order valence-electron chi connectivity index (χ4n) is 3.36. The minimum absolute atomic E-state index is 0.256. The first-order valence-electron chi connectivity index (χ1n) is 7.28. The first-order valence-corrected chi connectivity index (χ1v) is 7.28. The van der Waals surface area contributed by atoms with Gasteiger partial charge < -0.3 is 10.6 Å². The van der Waals surface area contributed by atoms with E-state index in [0.717, 1.165) is 18.8 Å². The predicted molar refractivity (Wildman–Crippen MR) is 76.9 cm³/mol. The van der Waals surface area contributed by atoms with Gasteiger partial charge in [-0.15, -0.1) is 0 Å². The molecule has 1 unspecified atom stereocenters. The molecule has 2 heterocycles. The van der Waals surface area contributed by atoms with Crippen molar-refractivity contribution in [2.75, 3.05) is 36.8 Å². The van der Waals surface area contributed by atoms with Crippen LogP contribution in [0.1, 0.15) is 25.7 Å². The largest absolute Gasteiger partial charge is 0.397 e. The summed E-state index contributed by atoms with van der Waals surface area (Å²) in [7, 11) is 0. The number of hydrogen-bond acceptors (Lipinski definition) is 3. The Bertz CT molecular complexity index is 443. The van der Waals surface area contributed by atoms with E-state index in [1.54, 1.807) is 0 Å². The molecule has 2 aliphatic rings. The molecule has 2 fully saturated rings. The van der Waals surface area contributed by atoms with Crippen molar-refractivity contribution in [2.45, 2.75) is 31.7 Å². The molecule has 0 radical (unpaired) electrons. The molecule has 0 saturated carbocycles. The van der Waals surface area contributed by atoms with Crippen molar-refractivity contribution in [1.82, 2.24) is 4.90 Å². The average Bonchev–Trinajstić information content (AvgIpc) is 2.89. The summed E-state index contributed by atoms with van der Waals surface area (Å²) in [5.41, 5.74) is 7.47. The maximum absolute atomic E-state index is 13.1. The molecule has 104 valence electrons. The topological polar surface area (TPSA) is 32.5 Å². The second-order valence-electron chi connectivity index (χ2n) is 5.69. The Balaban J connectivity index is 1.67. The Kier molecular flexibility index (Phi) is 3.60. The molecule has 3 nitrogen and oxygen atoms in total. The van der Waals surface area contributed by atoms with E-state index in [2.05, 4.69) is 9.80 Å². The molecule has 0 aromatic heterocycles. The maximum atomic E-state index is 13.1. The van der Waals surface area contributed by atoms with Gasteiger partial charge >= 0.3 is 0 Å². The second kappa shape index (κ2) is 5.37. The second-order valence-corrected chi connectivity index (χ2v) is 5.69. The molecular formula is C15H22FN3. The average molecular weight is 263 g/mol. The van der Waals surface area contributed by atoms with Gasteiger partial charge in [-0.05, 0) is 50.6 Å². The number of benzene rings is 1. The van der Waals surface area contributed by atoms with Gasteiger partial charge in [0.15, 0.2) is 0 Å². The minimum atomic E-state index is -0.256. The SMILES string of the molecule is Nc1cc(F)ccc1N1CCC(N2CCCCC2)C1. The summed E-state index contributed by atoms with van der Waals surface area (Å²) in [5.74, 6) is -0.256. The van der Waals surface area contributed by atoms with E-state index in [9.17, 15) is 4.39 Å². The normalized spacial score (nSPS) is 24.9. The van der Waals surface area contributed by atoms with E-state index in [1.807, 2.05) is 6.07 Å². The summed E-state index contributed by atoms with van der Waals surface area (Å²) in [6.45, 7) is 4.52. The highest BCUT2D eigenvalue weighted by atomic mass is 19.1. The third kappa shape index (κ3) is 2.68. The van der Waals surface area contributed by atoms with Crippen molar-refractivity contribution < 1.29 is 4.39 Å². The van der Waals surface area contributed by atoms with Gasteiger partial charge in [0.25, 0.3) is 0 Å². The standard InChI is InChI=1S/C15H22FN3/c16-12-4-5-15(14(17)10-12)19-9-6-13(11-19)18-7-2-1-3-8-18/h4-5,10,13H,1-3,6-9,11,17H2. The zero-order valence-corrected chi connectivity index (χ0v) is 11.3. The van der Waals surface area contributed by atoms with Crippen LogP contribution < -0.4 is 10.6 Å². The zero-order valence-electron chi connectivity index (χ0n) is 11.3. The molecule has 1 aromatic rings. The number of halogens is 1. The summed E-state index contributed by atoms with van der Waals surface area (Å²) in [6.07, 6.45) is 5.22. The molecule has 0 bridgehead atoms. The molecule has 0 aliphatic carbocycles. The number of anilines is 2. The number of nitrogen functional groups attached to an aromatic ring is 1. The molecule has 2 N–H and O–H groups in total. The lowest BCUT2D eigenvalue weighted by molar-refractivity contribution is 0.175. The van der Waals surface area contributed by atoms with Crippen molar-refractivity contribution >= 4 is 11.4 Å². The molecule has 2 saturated heterocycles. The molecule has 19 heavy (non-hydrogen) atoms. The third-order valence-electron chi connectivity index (χ3n) is 4.40. The molecule has 0 spiro atoms. The molecule has 1 atom stereocenters. The smallest absolute Gasteiger partial charge is 0.125 e. The van der Waals surface area contributed by atoms with Gasteiger partial charge in [-0.2, -0.15) is 0 Å². The lowest BCUT2D eigenvalue weighted by Gasteiger charge is -2.32. The van der Waals surface area contributed by atoms with Crippen LogP contribution in [0, 0.1) is 5.82 Å². The molecule has 4 heteroatoms. The van der Waals surface area contributed by atoms with E-state index in [4.69, 9.17) is 5.73 Å². The number of hydrogen-bond donors (Lipinski definition) is 1. The summed E-state index contributed by atoms with van der Waals surface area (Å²) in [6, 6.07) is 5.37. The quantitative estimate of drug-likeness (QED) is 0.832. The highest BCUT2D eigenvalue weighted by Gasteiger charge is 2.29. The Labute approximate surface area is 114 Å². The molecule has 1 aromatic carbocycles. The fourth-order valence-corrected chi connectivity index (χ4v) is 3.36. The number of nitrogens with two attached hydrogens (primary N) is 1. The maximum Gasteiger partial charge on any atom is 0.125 e. The number of likely N-dealkylation sites (tertiary alicyclic amines) is 1. The Hall–Kier alpha value is -1.29. The van der Waals surface area contributed by atoms with Crippen molar-refractivity contribution in [3.05, 3.63) is 24.0 Å². The van der Waals surface area contributed by atoms with E-state index in [-0.39, 0.29) is 5.82 Å². The number of piperidine rings is 1. The summed E-state index contributed by atoms with van der Waals surface area (Å²) >= 11 is 0. The fraction of sp³-hybridized carbons (Fsp3) is 0.600. The Morgan fingerprint density at radius 1 is 1.11 bits per heavy atom. The van der Waals surface area contributed by atoms with Crippen LogP contribution in [0.5, 0.6) is 0 Å². The van der Waals surface area contributed by atoms with Crippen molar-refractivity contribution in [2.24, 2.45) is 0 Å². The van der Waals surface area contributed by atoms with Crippen LogP contribution in [0.15, 0.2) is 18.2 Å². The molecule has 2 aliphatic heterocycles. The van der Waals surface area contributed by atoms with E-state index >= 15 is 0 Å². The summed E-state index contributed by atoms with van der Waals surface area (Å²) in [5, 5.41) is 0. The number of nitrogens with zero attached hydrogens (tertiary/aromatic N) is 2. The van der Waals surface area contributed by atoms with Crippen LogP contribution in [-0.2, 0) is 0 Å². The Morgan fingerprint density at radius 2 is 1.89 bits per heavy atom. The predicted octanol–water partition coefficient (Wildman–Crippen LogP) is 2.47. The number of rotatable bonds is 2. The highest BCUT2D eigenvalue weighted by molar-refractivity contribution is 5.68. The van der Waals surface area contributed by atoms with Crippen LogP contribution in [-0.4, -0.2) is 37.1 Å². The Morgan fingerprint density at radius 3 is 2.63 bits per heavy atom. The minimum Gasteiger partial charge on any atom is -0.397 e. The lowest BCUT2D eigenvalue weighted by Crippen LogP contribution is -2.40. The highest BCUT2D eigenvalue weighted by Crippen LogP contribution is 2.29. The van der Waals surface area contributed by atoms with E-state index in [0.29, 0.717) is 11.7 Å². The molecule has 3 rings (SSSR count). The molecular weight excluding hydrogens is 241 g/mol. The van der Waals surface area contributed by atoms with Crippen LogP contribution in [0.2, 0.25) is 0 Å². The van der Waals surface area contributed by atoms with Crippen LogP contribution in [0.25, 0.3) is 0 Å². The zero-order chi connectivity index (χ0) is 13.2. The summed E-state index contributed by atoms with van der Waals surface area (Å²) in [4.78, 5) is 4.91. The van der Waals surface area contributed by atoms with Gasteiger partial charge in [0, 0.05) is 19.1 Å². The van der Waals surface area contributed by atoms with E-state index < -0.39 is 0 Å². The van der Waals surface area contributed by atoms with Gasteiger partial charge in [-0.25, -0.2) is 4.39 Å². The van der Waals surface area contributed by atoms with E-state index in [1.165, 1.54) is 50.9 Å². The van der Waals surface area contributed by atoms with Crippen molar-refractivity contribution in [3.8, 4) is 0 Å². The third-order valence-corrected chi connectivity index (χ3v) is 4.40. The van der Waals surface area contributed by atoms with Crippen LogP contribution >= 0.6 is 0 Å². The van der Waals surface area contributed by atoms with Crippen LogP contribution in [0.3, 0.4) is 0 Å². The molecule has 0 amide bonds. The van der Waals surface area contributed by atoms with Crippen molar-refractivity contribution in [1.29, 1.82) is 0 Å². The van der Waals surface area contributed by atoms with Crippen LogP contribution in [0.4, 0.5) is 15.8 Å². The first kappa shape index (κ1) is 12.7. The lowest BCUT2D eigenvalue weighted by atomic mass is 10.1. The van der Waals surface area contributed by atoms with Crippen molar-refractivity contribution in [3.63, 3.8) is 0 Å². The van der Waals surface area contributed by atoms with Gasteiger partial charge in [-0.3, -0.25) is 4.90 Å². The van der Waals surface area contributed by atoms with Gasteiger partial charge in [-0.1, -0.05) is 6.42 Å². The van der Waals surface area contributed by atoms with Gasteiger partial charge in [0.1, 0.15) is 5.82 Å². The van der Waals surface area contributed by atoms with Gasteiger partial charge in [0.05, 0.1) is 11.4 Å². The van der Waals surface area contributed by atoms with Gasteiger partial charge in [0.2, 0.25) is 0 Å². The first-order chi connectivity index (χ1) is 9.24. The monoisotopic (exact) mass is 263 g/mol. The summed E-state index contributed by atoms with van der Waals surface area (Å²) < 4.78 is 13.1.